The van der Waals surface area contributed by atoms with Crippen molar-refractivity contribution in [1.82, 2.24) is 4.31 Å². The van der Waals surface area contributed by atoms with Crippen LogP contribution in [0.15, 0.2) is 52.1 Å². The zero-order valence-electron chi connectivity index (χ0n) is 11.1. The molecule has 0 aliphatic carbocycles. The zero-order valence-corrected chi connectivity index (χ0v) is 12.7. The van der Waals surface area contributed by atoms with Gasteiger partial charge in [0, 0.05) is 19.6 Å². The average Bonchev–Trinajstić information content (AvgIpc) is 2.99. The number of hydrogen-bond donors (Lipinski definition) is 1. The molecule has 0 unspecified atom stereocenters. The van der Waals surface area contributed by atoms with E-state index in [1.54, 1.807) is 17.5 Å². The smallest absolute Gasteiger partial charge is 0.252 e. The molecule has 108 valence electrons. The van der Waals surface area contributed by atoms with Gasteiger partial charge in [-0.1, -0.05) is 36.4 Å². The number of nitrogens with two attached hydrogens (primary N) is 1. The Hall–Kier alpha value is -1.21. The van der Waals surface area contributed by atoms with E-state index in [1.165, 1.54) is 15.6 Å². The van der Waals surface area contributed by atoms with Crippen LogP contribution in [0.25, 0.3) is 0 Å². The van der Waals surface area contributed by atoms with Crippen LogP contribution >= 0.6 is 11.3 Å². The number of benzene rings is 1. The van der Waals surface area contributed by atoms with Gasteiger partial charge in [0.2, 0.25) is 0 Å². The highest BCUT2D eigenvalue weighted by atomic mass is 32.2. The van der Waals surface area contributed by atoms with Gasteiger partial charge in [0.05, 0.1) is 0 Å². The first kappa shape index (κ1) is 15.2. The first-order chi connectivity index (χ1) is 9.64. The summed E-state index contributed by atoms with van der Waals surface area (Å²) in [4.78, 5) is 0. The van der Waals surface area contributed by atoms with Crippen molar-refractivity contribution in [3.8, 4) is 0 Å². The summed E-state index contributed by atoms with van der Waals surface area (Å²) < 4.78 is 26.8. The summed E-state index contributed by atoms with van der Waals surface area (Å²) >= 11 is 1.24. The van der Waals surface area contributed by atoms with E-state index in [1.807, 2.05) is 30.3 Å². The van der Waals surface area contributed by atoms with Gasteiger partial charge in [0.25, 0.3) is 10.0 Å². The predicted octanol–water partition coefficient (Wildman–Crippen LogP) is 1.94. The number of rotatable bonds is 7. The summed E-state index contributed by atoms with van der Waals surface area (Å²) in [5.41, 5.74) is 6.67. The van der Waals surface area contributed by atoms with Crippen molar-refractivity contribution in [2.75, 3.05) is 19.6 Å². The van der Waals surface area contributed by atoms with Crippen LogP contribution in [0.3, 0.4) is 0 Å². The van der Waals surface area contributed by atoms with Crippen LogP contribution in [0, 0.1) is 0 Å². The van der Waals surface area contributed by atoms with E-state index in [9.17, 15) is 8.42 Å². The van der Waals surface area contributed by atoms with Crippen molar-refractivity contribution in [3.63, 3.8) is 0 Å². The molecule has 0 aliphatic heterocycles. The fourth-order valence-electron chi connectivity index (χ4n) is 1.93. The third-order valence-electron chi connectivity index (χ3n) is 2.96. The number of hydrogen-bond acceptors (Lipinski definition) is 4. The zero-order chi connectivity index (χ0) is 14.4. The molecule has 1 aromatic heterocycles. The van der Waals surface area contributed by atoms with Crippen molar-refractivity contribution < 1.29 is 8.42 Å². The molecule has 20 heavy (non-hydrogen) atoms. The van der Waals surface area contributed by atoms with E-state index >= 15 is 0 Å². The number of nitrogens with zero attached hydrogens (tertiary/aromatic N) is 1. The summed E-state index contributed by atoms with van der Waals surface area (Å²) in [5.74, 6) is 0. The van der Waals surface area contributed by atoms with E-state index in [4.69, 9.17) is 5.73 Å². The Bertz CT molecular complexity index is 610. The molecule has 2 N–H and O–H groups in total. The van der Waals surface area contributed by atoms with Gasteiger partial charge >= 0.3 is 0 Å². The quantitative estimate of drug-likeness (QED) is 0.850. The maximum Gasteiger partial charge on any atom is 0.252 e. The first-order valence-corrected chi connectivity index (χ1v) is 8.74. The summed E-state index contributed by atoms with van der Waals surface area (Å²) in [6.45, 7) is 1.11. The minimum atomic E-state index is -3.42. The Morgan fingerprint density at radius 3 is 2.40 bits per heavy atom. The van der Waals surface area contributed by atoms with Crippen molar-refractivity contribution in [3.05, 3.63) is 53.4 Å². The minimum absolute atomic E-state index is 0.319. The largest absolute Gasteiger partial charge is 0.329 e. The highest BCUT2D eigenvalue weighted by Crippen LogP contribution is 2.20. The molecule has 2 aromatic rings. The molecule has 0 saturated carbocycles. The molecule has 2 rings (SSSR count). The first-order valence-electron chi connectivity index (χ1n) is 6.42. The molecular weight excluding hydrogens is 292 g/mol. The van der Waals surface area contributed by atoms with Gasteiger partial charge in [-0.05, 0) is 23.4 Å². The normalized spacial score (nSPS) is 11.9. The predicted molar refractivity (Wildman–Crippen MR) is 82.3 cm³/mol. The van der Waals surface area contributed by atoms with Crippen molar-refractivity contribution >= 4 is 21.4 Å². The Kier molecular flexibility index (Phi) is 5.31. The molecule has 0 atom stereocenters. The molecule has 0 aliphatic rings. The van der Waals surface area contributed by atoms with Crippen molar-refractivity contribution in [2.24, 2.45) is 5.73 Å². The topological polar surface area (TPSA) is 63.4 Å². The molecule has 0 amide bonds. The summed E-state index contributed by atoms with van der Waals surface area (Å²) in [7, 11) is -3.42. The maximum absolute atomic E-state index is 12.5. The van der Waals surface area contributed by atoms with E-state index in [-0.39, 0.29) is 0 Å². The second-order valence-electron chi connectivity index (χ2n) is 4.36. The van der Waals surface area contributed by atoms with Gasteiger partial charge in [-0.3, -0.25) is 0 Å². The second kappa shape index (κ2) is 6.99. The SMILES string of the molecule is NCCN(CCc1ccccc1)S(=O)(=O)c1cccs1. The van der Waals surface area contributed by atoms with Crippen LogP contribution in [0.5, 0.6) is 0 Å². The lowest BCUT2D eigenvalue weighted by molar-refractivity contribution is 0.423. The lowest BCUT2D eigenvalue weighted by Crippen LogP contribution is -2.36. The lowest BCUT2D eigenvalue weighted by Gasteiger charge is -2.20. The molecule has 1 aromatic carbocycles. The minimum Gasteiger partial charge on any atom is -0.329 e. The Morgan fingerprint density at radius 1 is 1.05 bits per heavy atom. The van der Waals surface area contributed by atoms with Gasteiger partial charge in [0.15, 0.2) is 0 Å². The molecule has 0 radical (unpaired) electrons. The average molecular weight is 310 g/mol. The van der Waals surface area contributed by atoms with Crippen molar-refractivity contribution in [2.45, 2.75) is 10.6 Å². The number of sulfonamides is 1. The van der Waals surface area contributed by atoms with Crippen LogP contribution in [0.2, 0.25) is 0 Å². The third kappa shape index (κ3) is 3.67. The van der Waals surface area contributed by atoms with Crippen LogP contribution in [0.4, 0.5) is 0 Å². The Labute approximate surface area is 123 Å². The molecule has 6 heteroatoms. The highest BCUT2D eigenvalue weighted by Gasteiger charge is 2.24. The summed E-state index contributed by atoms with van der Waals surface area (Å²) in [5, 5.41) is 1.77. The molecule has 0 spiro atoms. The van der Waals surface area contributed by atoms with E-state index < -0.39 is 10.0 Å². The van der Waals surface area contributed by atoms with Crippen LogP contribution in [-0.4, -0.2) is 32.4 Å². The Balaban J connectivity index is 2.11. The van der Waals surface area contributed by atoms with E-state index in [0.29, 0.717) is 30.3 Å². The monoisotopic (exact) mass is 310 g/mol. The molecule has 0 fully saturated rings. The summed E-state index contributed by atoms with van der Waals surface area (Å²) in [6, 6.07) is 13.2. The van der Waals surface area contributed by atoms with Crippen molar-refractivity contribution in [1.29, 1.82) is 0 Å². The standard InChI is InChI=1S/C14H18N2O2S2/c15-9-11-16(10-8-13-5-2-1-3-6-13)20(17,18)14-7-4-12-19-14/h1-7,12H,8-11,15H2. The molecular formula is C14H18N2O2S2. The van der Waals surface area contributed by atoms with Gasteiger partial charge in [-0.2, -0.15) is 4.31 Å². The molecule has 0 bridgehead atoms. The van der Waals surface area contributed by atoms with Gasteiger partial charge in [0.1, 0.15) is 4.21 Å². The van der Waals surface area contributed by atoms with Crippen LogP contribution in [-0.2, 0) is 16.4 Å². The number of thiophene rings is 1. The van der Waals surface area contributed by atoms with E-state index in [0.717, 1.165) is 5.56 Å². The highest BCUT2D eigenvalue weighted by molar-refractivity contribution is 7.91. The van der Waals surface area contributed by atoms with E-state index in [2.05, 4.69) is 0 Å². The second-order valence-corrected chi connectivity index (χ2v) is 7.47. The summed E-state index contributed by atoms with van der Waals surface area (Å²) in [6.07, 6.45) is 0.686. The van der Waals surface area contributed by atoms with Gasteiger partial charge in [-0.15, -0.1) is 11.3 Å². The van der Waals surface area contributed by atoms with Crippen LogP contribution < -0.4 is 5.73 Å². The molecule has 0 saturated heterocycles. The third-order valence-corrected chi connectivity index (χ3v) is 6.23. The fraction of sp³-hybridized carbons (Fsp3) is 0.286. The maximum atomic E-state index is 12.5. The lowest BCUT2D eigenvalue weighted by atomic mass is 10.1. The van der Waals surface area contributed by atoms with Crippen LogP contribution in [0.1, 0.15) is 5.56 Å². The van der Waals surface area contributed by atoms with Gasteiger partial charge < -0.3 is 5.73 Å². The Morgan fingerprint density at radius 2 is 1.80 bits per heavy atom. The van der Waals surface area contributed by atoms with Gasteiger partial charge in [-0.25, -0.2) is 8.42 Å². The fourth-order valence-corrected chi connectivity index (χ4v) is 4.53. The molecule has 1 heterocycles. The molecule has 4 nitrogen and oxygen atoms in total.